The lowest BCUT2D eigenvalue weighted by Crippen LogP contribution is -1.96. The van der Waals surface area contributed by atoms with Crippen molar-refractivity contribution < 1.29 is 4.74 Å². The fraction of sp³-hybridized carbons (Fsp3) is 0.308. The Labute approximate surface area is 105 Å². The molecule has 3 nitrogen and oxygen atoms in total. The van der Waals surface area contributed by atoms with Gasteiger partial charge in [-0.05, 0) is 36.5 Å². The fourth-order valence-corrected chi connectivity index (χ4v) is 2.16. The number of methoxy groups -OCH3 is 1. The van der Waals surface area contributed by atoms with Gasteiger partial charge in [-0.15, -0.1) is 0 Å². The normalized spacial score (nSPS) is 14.9. The molecule has 0 atom stereocenters. The molecule has 1 aromatic carbocycles. The van der Waals surface area contributed by atoms with E-state index in [2.05, 4.69) is 17.1 Å². The van der Waals surface area contributed by atoms with Crippen molar-refractivity contribution in [3.8, 4) is 11.4 Å². The van der Waals surface area contributed by atoms with Crippen molar-refractivity contribution in [2.75, 3.05) is 7.11 Å². The van der Waals surface area contributed by atoms with Gasteiger partial charge in [0.2, 0.25) is 0 Å². The second kappa shape index (κ2) is 4.08. The molecule has 3 rings (SSSR count). The molecular weight excluding hydrogens is 236 g/mol. The molecule has 1 fully saturated rings. The topological polar surface area (TPSA) is 27.1 Å². The van der Waals surface area contributed by atoms with E-state index >= 15 is 0 Å². The minimum atomic E-state index is 0.490. The minimum Gasteiger partial charge on any atom is -0.495 e. The van der Waals surface area contributed by atoms with Gasteiger partial charge in [-0.2, -0.15) is 0 Å². The van der Waals surface area contributed by atoms with Crippen LogP contribution in [0.4, 0.5) is 0 Å². The van der Waals surface area contributed by atoms with Crippen LogP contribution in [-0.2, 0) is 0 Å². The number of aromatic nitrogens is 2. The Morgan fingerprint density at radius 1 is 1.41 bits per heavy atom. The summed E-state index contributed by atoms with van der Waals surface area (Å²) in [5.74, 6) is 1.56. The highest BCUT2D eigenvalue weighted by molar-refractivity contribution is 6.29. The van der Waals surface area contributed by atoms with Gasteiger partial charge in [-0.1, -0.05) is 17.7 Å². The zero-order valence-corrected chi connectivity index (χ0v) is 10.3. The average molecular weight is 249 g/mol. The Hall–Kier alpha value is -1.48. The quantitative estimate of drug-likeness (QED) is 0.832. The summed E-state index contributed by atoms with van der Waals surface area (Å²) in [6, 6.07) is 6.31. The lowest BCUT2D eigenvalue weighted by atomic mass is 10.1. The van der Waals surface area contributed by atoms with Crippen LogP contribution in [0.3, 0.4) is 0 Å². The Bertz CT molecular complexity index is 546. The van der Waals surface area contributed by atoms with E-state index in [1.165, 1.54) is 18.4 Å². The van der Waals surface area contributed by atoms with Gasteiger partial charge in [-0.3, -0.25) is 0 Å². The van der Waals surface area contributed by atoms with Crippen molar-refractivity contribution in [3.63, 3.8) is 0 Å². The van der Waals surface area contributed by atoms with Gasteiger partial charge in [0, 0.05) is 6.20 Å². The summed E-state index contributed by atoms with van der Waals surface area (Å²) in [6.45, 7) is 0. The highest BCUT2D eigenvalue weighted by atomic mass is 35.5. The Balaban J connectivity index is 2.08. The van der Waals surface area contributed by atoms with Crippen LogP contribution >= 0.6 is 11.6 Å². The molecule has 1 heterocycles. The van der Waals surface area contributed by atoms with Crippen LogP contribution in [0.25, 0.3) is 5.69 Å². The first-order valence-corrected chi connectivity index (χ1v) is 6.03. The molecule has 0 amide bonds. The predicted molar refractivity (Wildman–Crippen MR) is 67.1 cm³/mol. The molecule has 0 unspecified atom stereocenters. The van der Waals surface area contributed by atoms with Gasteiger partial charge in [0.1, 0.15) is 17.2 Å². The zero-order valence-electron chi connectivity index (χ0n) is 9.56. The number of imidazole rings is 1. The number of hydrogen-bond donors (Lipinski definition) is 0. The third kappa shape index (κ3) is 2.03. The number of hydrogen-bond acceptors (Lipinski definition) is 2. The fourth-order valence-electron chi connectivity index (χ4n) is 2.01. The van der Waals surface area contributed by atoms with Crippen LogP contribution in [0.2, 0.25) is 5.15 Å². The maximum Gasteiger partial charge on any atom is 0.147 e. The van der Waals surface area contributed by atoms with E-state index in [-0.39, 0.29) is 0 Å². The number of rotatable bonds is 3. The first-order chi connectivity index (χ1) is 8.28. The predicted octanol–water partition coefficient (Wildman–Crippen LogP) is 3.41. The molecule has 0 radical (unpaired) electrons. The van der Waals surface area contributed by atoms with E-state index in [4.69, 9.17) is 16.3 Å². The largest absolute Gasteiger partial charge is 0.495 e. The third-order valence-electron chi connectivity index (χ3n) is 3.08. The molecule has 0 aliphatic heterocycles. The summed E-state index contributed by atoms with van der Waals surface area (Å²) in [5, 5.41) is 0.490. The molecule has 2 aromatic rings. The first kappa shape index (κ1) is 10.7. The second-order valence-electron chi connectivity index (χ2n) is 4.31. The van der Waals surface area contributed by atoms with Crippen molar-refractivity contribution in [1.82, 2.24) is 9.55 Å². The molecule has 0 N–H and O–H groups in total. The molecule has 88 valence electrons. The maximum atomic E-state index is 5.85. The van der Waals surface area contributed by atoms with Gasteiger partial charge in [0.25, 0.3) is 0 Å². The Morgan fingerprint density at radius 3 is 2.82 bits per heavy atom. The lowest BCUT2D eigenvalue weighted by Gasteiger charge is -2.10. The SMILES string of the molecule is COc1ccc(C2CC2)cc1-n1cnc(Cl)c1. The molecule has 1 saturated carbocycles. The highest BCUT2D eigenvalue weighted by Gasteiger charge is 2.24. The van der Waals surface area contributed by atoms with Gasteiger partial charge in [0.15, 0.2) is 0 Å². The maximum absolute atomic E-state index is 5.85. The number of ether oxygens (including phenoxy) is 1. The van der Waals surface area contributed by atoms with Crippen molar-refractivity contribution >= 4 is 11.6 Å². The van der Waals surface area contributed by atoms with Crippen LogP contribution in [-0.4, -0.2) is 16.7 Å². The molecule has 1 aliphatic carbocycles. The second-order valence-corrected chi connectivity index (χ2v) is 4.70. The zero-order chi connectivity index (χ0) is 11.8. The van der Waals surface area contributed by atoms with Crippen molar-refractivity contribution in [2.24, 2.45) is 0 Å². The first-order valence-electron chi connectivity index (χ1n) is 5.66. The summed E-state index contributed by atoms with van der Waals surface area (Å²) in [7, 11) is 1.67. The number of benzene rings is 1. The van der Waals surface area contributed by atoms with Gasteiger partial charge >= 0.3 is 0 Å². The van der Waals surface area contributed by atoms with Crippen molar-refractivity contribution in [3.05, 3.63) is 41.4 Å². The van der Waals surface area contributed by atoms with E-state index < -0.39 is 0 Å². The average Bonchev–Trinajstić information content (AvgIpc) is 3.11. The third-order valence-corrected chi connectivity index (χ3v) is 3.28. The van der Waals surface area contributed by atoms with Crippen LogP contribution < -0.4 is 4.74 Å². The number of halogens is 1. The highest BCUT2D eigenvalue weighted by Crippen LogP contribution is 2.41. The summed E-state index contributed by atoms with van der Waals surface area (Å²) in [4.78, 5) is 4.03. The summed E-state index contributed by atoms with van der Waals surface area (Å²) in [6.07, 6.45) is 6.07. The van der Waals surface area contributed by atoms with Gasteiger partial charge in [0.05, 0.1) is 12.8 Å². The van der Waals surface area contributed by atoms with Gasteiger partial charge < -0.3 is 9.30 Å². The van der Waals surface area contributed by atoms with Gasteiger partial charge in [-0.25, -0.2) is 4.98 Å². The van der Waals surface area contributed by atoms with Crippen LogP contribution in [0.15, 0.2) is 30.7 Å². The molecule has 0 saturated heterocycles. The molecule has 4 heteroatoms. The van der Waals surface area contributed by atoms with E-state index in [0.29, 0.717) is 5.15 Å². The van der Waals surface area contributed by atoms with E-state index in [1.54, 1.807) is 19.6 Å². The molecule has 17 heavy (non-hydrogen) atoms. The van der Waals surface area contributed by atoms with Crippen LogP contribution in [0.5, 0.6) is 5.75 Å². The molecule has 0 spiro atoms. The van der Waals surface area contributed by atoms with Crippen molar-refractivity contribution in [1.29, 1.82) is 0 Å². The smallest absolute Gasteiger partial charge is 0.147 e. The summed E-state index contributed by atoms with van der Waals surface area (Å²) < 4.78 is 7.27. The Morgan fingerprint density at radius 2 is 2.24 bits per heavy atom. The van der Waals surface area contributed by atoms with E-state index in [9.17, 15) is 0 Å². The standard InChI is InChI=1S/C13H13ClN2O/c1-17-12-5-4-10(9-2-3-9)6-11(12)16-7-13(14)15-8-16/h4-9H,2-3H2,1H3. The lowest BCUT2D eigenvalue weighted by molar-refractivity contribution is 0.412. The molecule has 0 bridgehead atoms. The molecule has 1 aliphatic rings. The van der Waals surface area contributed by atoms with Crippen LogP contribution in [0.1, 0.15) is 24.3 Å². The minimum absolute atomic E-state index is 0.490. The van der Waals surface area contributed by atoms with Crippen LogP contribution in [0, 0.1) is 0 Å². The van der Waals surface area contributed by atoms with E-state index in [0.717, 1.165) is 17.4 Å². The van der Waals surface area contributed by atoms with Crippen molar-refractivity contribution in [2.45, 2.75) is 18.8 Å². The van der Waals surface area contributed by atoms with E-state index in [1.807, 2.05) is 10.6 Å². The monoisotopic (exact) mass is 248 g/mol. The molecule has 1 aromatic heterocycles. The summed E-state index contributed by atoms with van der Waals surface area (Å²) >= 11 is 5.85. The number of nitrogens with zero attached hydrogens (tertiary/aromatic N) is 2. The molecular formula is C13H13ClN2O. The Kier molecular flexibility index (Phi) is 2.56. The summed E-state index contributed by atoms with van der Waals surface area (Å²) in [5.41, 5.74) is 2.36.